The van der Waals surface area contributed by atoms with Crippen LogP contribution in [0.2, 0.25) is 0 Å². The first-order chi connectivity index (χ1) is 11.6. The Morgan fingerprint density at radius 2 is 1.92 bits per heavy atom. The van der Waals surface area contributed by atoms with Crippen LogP contribution in [0.4, 0.5) is 4.79 Å². The van der Waals surface area contributed by atoms with Gasteiger partial charge in [-0.25, -0.2) is 14.6 Å². The van der Waals surface area contributed by atoms with Crippen LogP contribution >= 0.6 is 0 Å². The van der Waals surface area contributed by atoms with Gasteiger partial charge in [-0.05, 0) is 38.5 Å². The van der Waals surface area contributed by atoms with Crippen LogP contribution in [0.5, 0.6) is 5.75 Å². The Hall–Kier alpha value is -3.03. The number of aromatic carboxylic acids is 1. The van der Waals surface area contributed by atoms with Crippen LogP contribution < -0.4 is 5.32 Å². The summed E-state index contributed by atoms with van der Waals surface area (Å²) >= 11 is 0. The van der Waals surface area contributed by atoms with Gasteiger partial charge in [-0.15, -0.1) is 0 Å². The number of amides is 1. The first-order valence-corrected chi connectivity index (χ1v) is 7.60. The first kappa shape index (κ1) is 18.3. The average molecular weight is 348 g/mol. The van der Waals surface area contributed by atoms with E-state index in [9.17, 15) is 14.7 Å². The summed E-state index contributed by atoms with van der Waals surface area (Å²) in [4.78, 5) is 26.9. The lowest BCUT2D eigenvalue weighted by molar-refractivity contribution is 0.0495. The number of carbonyl (C=O) groups excluding carboxylic acids is 1. The third kappa shape index (κ3) is 5.52. The predicted molar refractivity (Wildman–Crippen MR) is 87.4 cm³/mol. The van der Waals surface area contributed by atoms with Crippen LogP contribution in [-0.4, -0.2) is 32.9 Å². The number of oxazole rings is 1. The quantitative estimate of drug-likeness (QED) is 0.759. The standard InChI is InChI=1S/C17H20N2O6/c1-17(2,3)25-16(23)19-12(8-10-4-6-11(20)7-5-10)14-18-13(9-24-14)15(21)22/h4-7,9,12,20H,8H2,1-3H3,(H,19,23)(H,21,22)/t12-/m0/s1. The second-order valence-corrected chi connectivity index (χ2v) is 6.45. The predicted octanol–water partition coefficient (Wildman–Crippen LogP) is 2.89. The molecular weight excluding hydrogens is 328 g/mol. The lowest BCUT2D eigenvalue weighted by atomic mass is 10.1. The molecule has 0 aliphatic rings. The molecule has 0 aliphatic heterocycles. The summed E-state index contributed by atoms with van der Waals surface area (Å²) in [5.74, 6) is -1.06. The van der Waals surface area contributed by atoms with Gasteiger partial charge in [0, 0.05) is 6.42 Å². The third-order valence-electron chi connectivity index (χ3n) is 3.11. The Morgan fingerprint density at radius 1 is 1.28 bits per heavy atom. The molecule has 0 bridgehead atoms. The number of nitrogens with one attached hydrogen (secondary N) is 1. The normalized spacial score (nSPS) is 12.4. The number of aromatic hydroxyl groups is 1. The molecule has 0 saturated carbocycles. The van der Waals surface area contributed by atoms with Gasteiger partial charge in [-0.1, -0.05) is 12.1 Å². The molecule has 0 spiro atoms. The molecule has 8 nitrogen and oxygen atoms in total. The van der Waals surface area contributed by atoms with Crippen molar-refractivity contribution in [3.05, 3.63) is 47.7 Å². The van der Waals surface area contributed by atoms with E-state index >= 15 is 0 Å². The summed E-state index contributed by atoms with van der Waals surface area (Å²) in [5, 5.41) is 21.0. The number of rotatable bonds is 5. The van der Waals surface area contributed by atoms with E-state index in [2.05, 4.69) is 10.3 Å². The molecular formula is C17H20N2O6. The van der Waals surface area contributed by atoms with Crippen LogP contribution in [-0.2, 0) is 11.2 Å². The molecule has 134 valence electrons. The van der Waals surface area contributed by atoms with E-state index in [4.69, 9.17) is 14.3 Å². The lowest BCUT2D eigenvalue weighted by Crippen LogP contribution is -2.36. The molecule has 1 atom stereocenters. The maximum Gasteiger partial charge on any atom is 0.408 e. The van der Waals surface area contributed by atoms with Gasteiger partial charge in [0.2, 0.25) is 5.89 Å². The van der Waals surface area contributed by atoms with E-state index in [0.717, 1.165) is 11.8 Å². The van der Waals surface area contributed by atoms with Crippen LogP contribution in [0, 0.1) is 0 Å². The van der Waals surface area contributed by atoms with Crippen molar-refractivity contribution in [1.29, 1.82) is 0 Å². The van der Waals surface area contributed by atoms with Gasteiger partial charge in [-0.2, -0.15) is 0 Å². The number of hydrogen-bond acceptors (Lipinski definition) is 6. The van der Waals surface area contributed by atoms with Crippen molar-refractivity contribution >= 4 is 12.1 Å². The Kier molecular flexibility index (Phi) is 5.31. The molecule has 3 N–H and O–H groups in total. The molecule has 2 rings (SSSR count). The lowest BCUT2D eigenvalue weighted by Gasteiger charge is -2.22. The molecule has 1 aromatic carbocycles. The van der Waals surface area contributed by atoms with Crippen LogP contribution in [0.25, 0.3) is 0 Å². The molecule has 8 heteroatoms. The Bertz CT molecular complexity index is 745. The van der Waals surface area contributed by atoms with Crippen molar-refractivity contribution in [3.8, 4) is 5.75 Å². The summed E-state index contributed by atoms with van der Waals surface area (Å²) in [6.07, 6.45) is 0.614. The number of phenolic OH excluding ortho intramolecular Hbond substituents is 1. The van der Waals surface area contributed by atoms with Gasteiger partial charge in [-0.3, -0.25) is 0 Å². The number of alkyl carbamates (subject to hydrolysis) is 1. The fourth-order valence-corrected chi connectivity index (χ4v) is 2.06. The molecule has 0 unspecified atom stereocenters. The highest BCUT2D eigenvalue weighted by molar-refractivity contribution is 5.84. The molecule has 0 radical (unpaired) electrons. The molecule has 2 aromatic rings. The van der Waals surface area contributed by atoms with E-state index in [1.165, 1.54) is 12.1 Å². The smallest absolute Gasteiger partial charge is 0.408 e. The minimum absolute atomic E-state index is 0.0522. The number of phenols is 1. The Labute approximate surface area is 144 Å². The minimum atomic E-state index is -1.23. The summed E-state index contributed by atoms with van der Waals surface area (Å²) in [6.45, 7) is 5.19. The number of aromatic nitrogens is 1. The van der Waals surface area contributed by atoms with Crippen LogP contribution in [0.3, 0.4) is 0 Å². The van der Waals surface area contributed by atoms with Gasteiger partial charge in [0.15, 0.2) is 5.69 Å². The van der Waals surface area contributed by atoms with Crippen molar-refractivity contribution in [2.45, 2.75) is 38.8 Å². The molecule has 0 saturated heterocycles. The SMILES string of the molecule is CC(C)(C)OC(=O)N[C@@H](Cc1ccc(O)cc1)c1nc(C(=O)O)co1. The zero-order valence-electron chi connectivity index (χ0n) is 14.1. The summed E-state index contributed by atoms with van der Waals surface area (Å²) in [6, 6.07) is 5.66. The van der Waals surface area contributed by atoms with Gasteiger partial charge in [0.25, 0.3) is 0 Å². The highest BCUT2D eigenvalue weighted by Gasteiger charge is 2.25. The van der Waals surface area contributed by atoms with Crippen LogP contribution in [0.15, 0.2) is 34.9 Å². The first-order valence-electron chi connectivity index (χ1n) is 7.60. The van der Waals surface area contributed by atoms with Crippen molar-refractivity contribution in [1.82, 2.24) is 10.3 Å². The third-order valence-corrected chi connectivity index (χ3v) is 3.11. The number of benzene rings is 1. The zero-order valence-corrected chi connectivity index (χ0v) is 14.1. The van der Waals surface area contributed by atoms with Gasteiger partial charge in [0.05, 0.1) is 0 Å². The average Bonchev–Trinajstić information content (AvgIpc) is 2.97. The number of hydrogen-bond donors (Lipinski definition) is 3. The number of carboxylic acids is 1. The monoisotopic (exact) mass is 348 g/mol. The number of nitrogens with zero attached hydrogens (tertiary/aromatic N) is 1. The van der Waals surface area contributed by atoms with E-state index in [-0.39, 0.29) is 23.8 Å². The molecule has 0 aliphatic carbocycles. The summed E-state index contributed by atoms with van der Waals surface area (Å²) in [7, 11) is 0. The van der Waals surface area contributed by atoms with Gasteiger partial charge < -0.3 is 24.7 Å². The molecule has 1 amide bonds. The molecule has 0 fully saturated rings. The summed E-state index contributed by atoms with van der Waals surface area (Å²) in [5.41, 5.74) is -0.152. The van der Waals surface area contributed by atoms with Crippen molar-refractivity contribution in [3.63, 3.8) is 0 Å². The van der Waals surface area contributed by atoms with Crippen molar-refractivity contribution in [2.75, 3.05) is 0 Å². The fraction of sp³-hybridized carbons (Fsp3) is 0.353. The maximum atomic E-state index is 12.1. The second-order valence-electron chi connectivity index (χ2n) is 6.45. The van der Waals surface area contributed by atoms with E-state index in [0.29, 0.717) is 0 Å². The number of carbonyl (C=O) groups is 2. The number of carboxylic acid groups (broad SMARTS) is 1. The molecule has 1 heterocycles. The van der Waals surface area contributed by atoms with Crippen molar-refractivity contribution < 1.29 is 29.0 Å². The highest BCUT2D eigenvalue weighted by atomic mass is 16.6. The Balaban J connectivity index is 2.21. The topological polar surface area (TPSA) is 122 Å². The van der Waals surface area contributed by atoms with Crippen molar-refractivity contribution in [2.24, 2.45) is 0 Å². The molecule has 1 aromatic heterocycles. The largest absolute Gasteiger partial charge is 0.508 e. The zero-order chi connectivity index (χ0) is 18.6. The van der Waals surface area contributed by atoms with E-state index in [1.807, 2.05) is 0 Å². The maximum absolute atomic E-state index is 12.1. The molecule has 25 heavy (non-hydrogen) atoms. The second kappa shape index (κ2) is 7.25. The highest BCUT2D eigenvalue weighted by Crippen LogP contribution is 2.21. The minimum Gasteiger partial charge on any atom is -0.508 e. The fourth-order valence-electron chi connectivity index (χ4n) is 2.06. The van der Waals surface area contributed by atoms with Crippen LogP contribution in [0.1, 0.15) is 48.8 Å². The Morgan fingerprint density at radius 3 is 2.44 bits per heavy atom. The summed E-state index contributed by atoms with van der Waals surface area (Å²) < 4.78 is 10.4. The van der Waals surface area contributed by atoms with E-state index in [1.54, 1.807) is 32.9 Å². The van der Waals surface area contributed by atoms with Gasteiger partial charge >= 0.3 is 12.1 Å². The number of ether oxygens (including phenoxy) is 1. The van der Waals surface area contributed by atoms with E-state index < -0.39 is 23.7 Å². The van der Waals surface area contributed by atoms with Gasteiger partial charge in [0.1, 0.15) is 23.7 Å².